The number of carbonyl (C=O) groups excluding carboxylic acids is 1. The first-order valence-corrected chi connectivity index (χ1v) is 8.23. The van der Waals surface area contributed by atoms with Crippen LogP contribution in [0.25, 0.3) is 0 Å². The molecule has 0 fully saturated rings. The first-order chi connectivity index (χ1) is 11.0. The van der Waals surface area contributed by atoms with Gasteiger partial charge in [-0.1, -0.05) is 40.9 Å². The zero-order valence-corrected chi connectivity index (χ0v) is 14.8. The van der Waals surface area contributed by atoms with Crippen molar-refractivity contribution in [3.05, 3.63) is 57.0 Å². The zero-order chi connectivity index (χ0) is 16.8. The Bertz CT molecular complexity index is 704. The Kier molecular flexibility index (Phi) is 6.58. The minimum Gasteiger partial charge on any atom is -0.492 e. The number of carbonyl (C=O) groups is 1. The molecule has 0 saturated heterocycles. The van der Waals surface area contributed by atoms with Gasteiger partial charge in [-0.2, -0.15) is 0 Å². The van der Waals surface area contributed by atoms with Gasteiger partial charge in [0, 0.05) is 22.2 Å². The van der Waals surface area contributed by atoms with Crippen molar-refractivity contribution >= 4 is 46.4 Å². The number of rotatable bonds is 6. The molecular formula is C17H16Cl3NO2. The van der Waals surface area contributed by atoms with Crippen LogP contribution in [-0.2, 0) is 4.79 Å². The molecule has 2 aromatic carbocycles. The van der Waals surface area contributed by atoms with E-state index in [1.807, 2.05) is 19.1 Å². The zero-order valence-electron chi connectivity index (χ0n) is 12.5. The summed E-state index contributed by atoms with van der Waals surface area (Å²) in [4.78, 5) is 11.9. The van der Waals surface area contributed by atoms with Gasteiger partial charge in [-0.15, -0.1) is 0 Å². The molecule has 0 unspecified atom stereocenters. The van der Waals surface area contributed by atoms with Crippen LogP contribution in [0.2, 0.25) is 15.1 Å². The highest BCUT2D eigenvalue weighted by Crippen LogP contribution is 2.27. The van der Waals surface area contributed by atoms with E-state index in [9.17, 15) is 4.79 Å². The van der Waals surface area contributed by atoms with E-state index in [4.69, 9.17) is 39.5 Å². The Morgan fingerprint density at radius 2 is 1.87 bits per heavy atom. The second-order valence-corrected chi connectivity index (χ2v) is 6.29. The summed E-state index contributed by atoms with van der Waals surface area (Å²) in [6, 6.07) is 10.5. The van der Waals surface area contributed by atoms with E-state index < -0.39 is 0 Å². The van der Waals surface area contributed by atoms with Gasteiger partial charge in [0.1, 0.15) is 5.75 Å². The largest absolute Gasteiger partial charge is 0.492 e. The summed E-state index contributed by atoms with van der Waals surface area (Å²) in [6.45, 7) is 2.30. The summed E-state index contributed by atoms with van der Waals surface area (Å²) >= 11 is 17.8. The van der Waals surface area contributed by atoms with Crippen LogP contribution in [0.4, 0.5) is 5.69 Å². The summed E-state index contributed by atoms with van der Waals surface area (Å²) in [5, 5.41) is 4.44. The standard InChI is InChI=1S/C17H16Cl3NO2/c1-11-4-6-13(10-14(11)19)21-17(22)3-2-8-23-16-7-5-12(18)9-15(16)20/h4-7,9-10H,2-3,8H2,1H3,(H,21,22). The van der Waals surface area contributed by atoms with E-state index in [1.165, 1.54) is 0 Å². The van der Waals surface area contributed by atoms with Crippen molar-refractivity contribution in [2.75, 3.05) is 11.9 Å². The maximum atomic E-state index is 11.9. The number of hydrogen-bond acceptors (Lipinski definition) is 2. The lowest BCUT2D eigenvalue weighted by Crippen LogP contribution is -2.12. The molecule has 1 amide bonds. The summed E-state index contributed by atoms with van der Waals surface area (Å²) < 4.78 is 5.54. The quantitative estimate of drug-likeness (QED) is 0.655. The lowest BCUT2D eigenvalue weighted by molar-refractivity contribution is -0.116. The van der Waals surface area contributed by atoms with Gasteiger partial charge in [0.25, 0.3) is 0 Å². The number of nitrogens with one attached hydrogen (secondary N) is 1. The minimum atomic E-state index is -0.0873. The van der Waals surface area contributed by atoms with Crippen LogP contribution in [0.1, 0.15) is 18.4 Å². The number of anilines is 1. The number of aryl methyl sites for hydroxylation is 1. The number of benzene rings is 2. The lowest BCUT2D eigenvalue weighted by atomic mass is 10.2. The molecule has 0 aliphatic carbocycles. The van der Waals surface area contributed by atoms with Gasteiger partial charge < -0.3 is 10.1 Å². The fourth-order valence-corrected chi connectivity index (χ4v) is 2.54. The predicted molar refractivity (Wildman–Crippen MR) is 96.0 cm³/mol. The molecule has 23 heavy (non-hydrogen) atoms. The molecular weight excluding hydrogens is 357 g/mol. The van der Waals surface area contributed by atoms with Crippen LogP contribution < -0.4 is 10.1 Å². The predicted octanol–water partition coefficient (Wildman–Crippen LogP) is 5.75. The average Bonchev–Trinajstić information content (AvgIpc) is 2.49. The van der Waals surface area contributed by atoms with E-state index in [0.29, 0.717) is 46.0 Å². The van der Waals surface area contributed by atoms with Crippen molar-refractivity contribution in [2.24, 2.45) is 0 Å². The fourth-order valence-electron chi connectivity index (χ4n) is 1.90. The molecule has 0 atom stereocenters. The van der Waals surface area contributed by atoms with Crippen molar-refractivity contribution in [3.63, 3.8) is 0 Å². The van der Waals surface area contributed by atoms with E-state index in [-0.39, 0.29) is 5.91 Å². The van der Waals surface area contributed by atoms with Crippen LogP contribution in [0.5, 0.6) is 5.75 Å². The molecule has 0 aliphatic heterocycles. The molecule has 0 aromatic heterocycles. The molecule has 122 valence electrons. The molecule has 0 heterocycles. The van der Waals surface area contributed by atoms with Crippen molar-refractivity contribution in [3.8, 4) is 5.75 Å². The van der Waals surface area contributed by atoms with E-state index in [0.717, 1.165) is 5.56 Å². The first-order valence-electron chi connectivity index (χ1n) is 7.09. The third-order valence-electron chi connectivity index (χ3n) is 3.16. The molecule has 0 radical (unpaired) electrons. The number of ether oxygens (including phenoxy) is 1. The smallest absolute Gasteiger partial charge is 0.224 e. The number of hydrogen-bond donors (Lipinski definition) is 1. The van der Waals surface area contributed by atoms with Gasteiger partial charge >= 0.3 is 0 Å². The SMILES string of the molecule is Cc1ccc(NC(=O)CCCOc2ccc(Cl)cc2Cl)cc1Cl. The molecule has 0 bridgehead atoms. The summed E-state index contributed by atoms with van der Waals surface area (Å²) in [7, 11) is 0. The highest BCUT2D eigenvalue weighted by molar-refractivity contribution is 6.35. The summed E-state index contributed by atoms with van der Waals surface area (Å²) in [6.07, 6.45) is 0.918. The highest BCUT2D eigenvalue weighted by atomic mass is 35.5. The molecule has 0 saturated carbocycles. The van der Waals surface area contributed by atoms with Crippen LogP contribution in [0.3, 0.4) is 0 Å². The molecule has 3 nitrogen and oxygen atoms in total. The van der Waals surface area contributed by atoms with Crippen LogP contribution in [0.15, 0.2) is 36.4 Å². The normalized spacial score (nSPS) is 10.4. The van der Waals surface area contributed by atoms with Gasteiger partial charge in [0.15, 0.2) is 0 Å². The Balaban J connectivity index is 1.75. The molecule has 0 spiro atoms. The number of amides is 1. The average molecular weight is 373 g/mol. The highest BCUT2D eigenvalue weighted by Gasteiger charge is 2.06. The Labute approximate surface area is 150 Å². The van der Waals surface area contributed by atoms with Gasteiger partial charge in [-0.05, 0) is 49.2 Å². The van der Waals surface area contributed by atoms with Crippen LogP contribution in [0, 0.1) is 6.92 Å². The van der Waals surface area contributed by atoms with Crippen molar-refractivity contribution in [1.29, 1.82) is 0 Å². The molecule has 1 N–H and O–H groups in total. The van der Waals surface area contributed by atoms with Crippen molar-refractivity contribution in [2.45, 2.75) is 19.8 Å². The second-order valence-electron chi connectivity index (χ2n) is 5.04. The van der Waals surface area contributed by atoms with Crippen molar-refractivity contribution < 1.29 is 9.53 Å². The Hall–Kier alpha value is -1.42. The third-order valence-corrected chi connectivity index (χ3v) is 4.09. The Morgan fingerprint density at radius 3 is 2.57 bits per heavy atom. The fraction of sp³-hybridized carbons (Fsp3) is 0.235. The molecule has 6 heteroatoms. The van der Waals surface area contributed by atoms with Gasteiger partial charge in [-0.3, -0.25) is 4.79 Å². The second kappa shape index (κ2) is 8.44. The van der Waals surface area contributed by atoms with E-state index >= 15 is 0 Å². The van der Waals surface area contributed by atoms with Crippen molar-refractivity contribution in [1.82, 2.24) is 0 Å². The van der Waals surface area contributed by atoms with Gasteiger partial charge in [0.2, 0.25) is 5.91 Å². The molecule has 2 rings (SSSR count). The lowest BCUT2D eigenvalue weighted by Gasteiger charge is -2.09. The summed E-state index contributed by atoms with van der Waals surface area (Å²) in [5.41, 5.74) is 1.66. The monoisotopic (exact) mass is 371 g/mol. The maximum Gasteiger partial charge on any atom is 0.224 e. The van der Waals surface area contributed by atoms with Gasteiger partial charge in [0.05, 0.1) is 11.6 Å². The first kappa shape index (κ1) is 17.9. The Morgan fingerprint density at radius 1 is 1.09 bits per heavy atom. The number of halogens is 3. The third kappa shape index (κ3) is 5.61. The summed E-state index contributed by atoms with van der Waals surface area (Å²) in [5.74, 6) is 0.470. The molecule has 2 aromatic rings. The maximum absolute atomic E-state index is 11.9. The topological polar surface area (TPSA) is 38.3 Å². The van der Waals surface area contributed by atoms with E-state index in [1.54, 1.807) is 24.3 Å². The minimum absolute atomic E-state index is 0.0873. The van der Waals surface area contributed by atoms with Crippen LogP contribution >= 0.6 is 34.8 Å². The van der Waals surface area contributed by atoms with Gasteiger partial charge in [-0.25, -0.2) is 0 Å². The van der Waals surface area contributed by atoms with E-state index in [2.05, 4.69) is 5.32 Å². The van der Waals surface area contributed by atoms with Crippen LogP contribution in [-0.4, -0.2) is 12.5 Å². The molecule has 0 aliphatic rings.